The predicted octanol–water partition coefficient (Wildman–Crippen LogP) is 1.93. The van der Waals surface area contributed by atoms with Crippen molar-refractivity contribution < 1.29 is 13.2 Å². The first-order valence-corrected chi connectivity index (χ1v) is 9.18. The van der Waals surface area contributed by atoms with E-state index < -0.39 is 9.84 Å². The Morgan fingerprint density at radius 1 is 1.30 bits per heavy atom. The van der Waals surface area contributed by atoms with E-state index in [2.05, 4.69) is 17.2 Å². The summed E-state index contributed by atoms with van der Waals surface area (Å²) in [5, 5.41) is 3.41. The number of rotatable bonds is 2. The second kappa shape index (κ2) is 5.04. The van der Waals surface area contributed by atoms with E-state index in [1.807, 2.05) is 0 Å². The van der Waals surface area contributed by atoms with Crippen LogP contribution in [0.5, 0.6) is 5.75 Å². The third kappa shape index (κ3) is 2.16. The molecule has 5 nitrogen and oxygen atoms in total. The number of hydrogen-bond donors (Lipinski definition) is 1. The Kier molecular flexibility index (Phi) is 3.21. The lowest BCUT2D eigenvalue weighted by Crippen LogP contribution is -2.49. The van der Waals surface area contributed by atoms with Gasteiger partial charge in [0.25, 0.3) is 0 Å². The van der Waals surface area contributed by atoms with Crippen LogP contribution in [0.4, 0.5) is 0 Å². The van der Waals surface area contributed by atoms with Crippen LogP contribution in [-0.4, -0.2) is 32.6 Å². The van der Waals surface area contributed by atoms with E-state index in [4.69, 9.17) is 4.74 Å². The lowest BCUT2D eigenvalue weighted by Gasteiger charge is -2.35. The Hall–Kier alpha value is -1.92. The molecular formula is C17H18N2O3S. The Labute approximate surface area is 135 Å². The summed E-state index contributed by atoms with van der Waals surface area (Å²) in [7, 11) is -3.61. The van der Waals surface area contributed by atoms with Crippen molar-refractivity contribution in [3.8, 4) is 5.75 Å². The summed E-state index contributed by atoms with van der Waals surface area (Å²) < 4.78 is 31.6. The number of aromatic nitrogens is 1. The van der Waals surface area contributed by atoms with Crippen molar-refractivity contribution in [2.24, 2.45) is 0 Å². The van der Waals surface area contributed by atoms with E-state index >= 15 is 0 Å². The fraction of sp³-hybridized carbons (Fsp3) is 0.353. The number of benzene rings is 1. The van der Waals surface area contributed by atoms with Gasteiger partial charge in [-0.1, -0.05) is 13.0 Å². The van der Waals surface area contributed by atoms with Gasteiger partial charge >= 0.3 is 0 Å². The van der Waals surface area contributed by atoms with Crippen molar-refractivity contribution in [1.82, 2.24) is 10.3 Å². The van der Waals surface area contributed by atoms with Crippen molar-refractivity contribution in [2.75, 3.05) is 13.1 Å². The molecule has 1 aromatic carbocycles. The Bertz CT molecular complexity index is 851. The molecule has 120 valence electrons. The van der Waals surface area contributed by atoms with Gasteiger partial charge in [-0.3, -0.25) is 0 Å². The Balaban J connectivity index is 1.81. The van der Waals surface area contributed by atoms with E-state index in [9.17, 15) is 8.42 Å². The van der Waals surface area contributed by atoms with Crippen LogP contribution in [0.1, 0.15) is 18.9 Å². The normalized spacial score (nSPS) is 26.2. The SMILES string of the molecule is CC12CCNCC1Oc1ccc(S(=O)(=O)c3ccccn3)cc12. The van der Waals surface area contributed by atoms with E-state index in [-0.39, 0.29) is 21.4 Å². The van der Waals surface area contributed by atoms with Crippen LogP contribution in [0.2, 0.25) is 0 Å². The van der Waals surface area contributed by atoms with Crippen molar-refractivity contribution in [1.29, 1.82) is 0 Å². The number of ether oxygens (including phenoxy) is 1. The lowest BCUT2D eigenvalue weighted by atomic mass is 9.74. The molecule has 4 rings (SSSR count). The zero-order valence-corrected chi connectivity index (χ0v) is 13.6. The Morgan fingerprint density at radius 3 is 2.96 bits per heavy atom. The minimum absolute atomic E-state index is 0.0547. The summed E-state index contributed by atoms with van der Waals surface area (Å²) in [4.78, 5) is 4.27. The predicted molar refractivity (Wildman–Crippen MR) is 85.4 cm³/mol. The monoisotopic (exact) mass is 330 g/mol. The Morgan fingerprint density at radius 2 is 2.17 bits per heavy atom. The summed E-state index contributed by atoms with van der Waals surface area (Å²) in [6.45, 7) is 3.85. The molecule has 0 radical (unpaired) electrons. The maximum atomic E-state index is 12.8. The van der Waals surface area contributed by atoms with Gasteiger partial charge in [-0.15, -0.1) is 0 Å². The van der Waals surface area contributed by atoms with Gasteiger partial charge in [-0.05, 0) is 43.3 Å². The smallest absolute Gasteiger partial charge is 0.223 e. The largest absolute Gasteiger partial charge is 0.488 e. The molecule has 2 aliphatic heterocycles. The van der Waals surface area contributed by atoms with Crippen LogP contribution >= 0.6 is 0 Å². The molecule has 2 aliphatic rings. The first-order chi connectivity index (χ1) is 11.0. The summed E-state index contributed by atoms with van der Waals surface area (Å²) in [6.07, 6.45) is 2.48. The molecule has 23 heavy (non-hydrogen) atoms. The molecule has 6 heteroatoms. The van der Waals surface area contributed by atoms with Crippen LogP contribution in [0, 0.1) is 0 Å². The molecule has 2 atom stereocenters. The standard InChI is InChI=1S/C17H18N2O3S/c1-17-7-9-18-11-15(17)22-14-6-5-12(10-13(14)17)23(20,21)16-4-2-3-8-19-16/h2-6,8,10,15,18H,7,9,11H2,1H3. The van der Waals surface area contributed by atoms with Gasteiger partial charge in [0.1, 0.15) is 11.9 Å². The van der Waals surface area contributed by atoms with Crippen molar-refractivity contribution in [3.63, 3.8) is 0 Å². The minimum atomic E-state index is -3.61. The number of hydrogen-bond acceptors (Lipinski definition) is 5. The average Bonchev–Trinajstić information content (AvgIpc) is 2.87. The molecule has 0 aliphatic carbocycles. The summed E-state index contributed by atoms with van der Waals surface area (Å²) >= 11 is 0. The molecule has 0 bridgehead atoms. The molecule has 1 saturated heterocycles. The van der Waals surface area contributed by atoms with Crippen LogP contribution in [0.25, 0.3) is 0 Å². The van der Waals surface area contributed by atoms with Crippen LogP contribution < -0.4 is 10.1 Å². The second-order valence-electron chi connectivity index (χ2n) is 6.31. The minimum Gasteiger partial charge on any atom is -0.488 e. The highest BCUT2D eigenvalue weighted by Gasteiger charge is 2.47. The van der Waals surface area contributed by atoms with Crippen LogP contribution in [0.15, 0.2) is 52.5 Å². The summed E-state index contributed by atoms with van der Waals surface area (Å²) in [5.41, 5.74) is 0.844. The molecule has 2 aromatic rings. The quantitative estimate of drug-likeness (QED) is 0.911. The number of pyridine rings is 1. The molecule has 3 heterocycles. The van der Waals surface area contributed by atoms with Gasteiger partial charge in [0.15, 0.2) is 5.03 Å². The third-order valence-electron chi connectivity index (χ3n) is 4.92. The number of nitrogens with one attached hydrogen (secondary N) is 1. The van der Waals surface area contributed by atoms with E-state index in [0.29, 0.717) is 0 Å². The van der Waals surface area contributed by atoms with Gasteiger partial charge in [0.05, 0.1) is 4.90 Å². The maximum absolute atomic E-state index is 12.8. The van der Waals surface area contributed by atoms with E-state index in [0.717, 1.165) is 30.8 Å². The maximum Gasteiger partial charge on any atom is 0.223 e. The van der Waals surface area contributed by atoms with Gasteiger partial charge in [0.2, 0.25) is 9.84 Å². The van der Waals surface area contributed by atoms with Crippen LogP contribution in [0.3, 0.4) is 0 Å². The molecular weight excluding hydrogens is 312 g/mol. The highest BCUT2D eigenvalue weighted by molar-refractivity contribution is 7.91. The molecule has 1 fully saturated rings. The average molecular weight is 330 g/mol. The zero-order valence-electron chi connectivity index (χ0n) is 12.8. The number of piperidine rings is 1. The molecule has 0 amide bonds. The van der Waals surface area contributed by atoms with Gasteiger partial charge in [-0.2, -0.15) is 0 Å². The lowest BCUT2D eigenvalue weighted by molar-refractivity contribution is 0.124. The van der Waals surface area contributed by atoms with Crippen molar-refractivity contribution in [2.45, 2.75) is 34.8 Å². The highest BCUT2D eigenvalue weighted by Crippen LogP contribution is 2.47. The molecule has 0 saturated carbocycles. The molecule has 1 aromatic heterocycles. The van der Waals surface area contributed by atoms with Gasteiger partial charge in [-0.25, -0.2) is 13.4 Å². The highest BCUT2D eigenvalue weighted by atomic mass is 32.2. The van der Waals surface area contributed by atoms with Crippen molar-refractivity contribution in [3.05, 3.63) is 48.2 Å². The van der Waals surface area contributed by atoms with E-state index in [1.54, 1.807) is 30.3 Å². The first kappa shape index (κ1) is 14.7. The first-order valence-electron chi connectivity index (χ1n) is 7.70. The van der Waals surface area contributed by atoms with Crippen molar-refractivity contribution >= 4 is 9.84 Å². The van der Waals surface area contributed by atoms with Gasteiger partial charge in [0, 0.05) is 23.7 Å². The zero-order chi connectivity index (χ0) is 16.1. The number of fused-ring (bicyclic) bond motifs is 3. The van der Waals surface area contributed by atoms with E-state index in [1.165, 1.54) is 12.3 Å². The topological polar surface area (TPSA) is 68.3 Å². The molecule has 0 spiro atoms. The second-order valence-corrected chi connectivity index (χ2v) is 8.20. The third-order valence-corrected chi connectivity index (χ3v) is 6.59. The fourth-order valence-corrected chi connectivity index (χ4v) is 4.67. The fourth-order valence-electron chi connectivity index (χ4n) is 3.45. The number of sulfone groups is 1. The molecule has 1 N–H and O–H groups in total. The van der Waals surface area contributed by atoms with Gasteiger partial charge < -0.3 is 10.1 Å². The summed E-state index contributed by atoms with van der Waals surface area (Å²) in [5.74, 6) is 0.793. The molecule has 2 unspecified atom stereocenters. The van der Waals surface area contributed by atoms with Crippen LogP contribution in [-0.2, 0) is 15.3 Å². The number of nitrogens with zero attached hydrogens (tertiary/aromatic N) is 1. The summed E-state index contributed by atoms with van der Waals surface area (Å²) in [6, 6.07) is 10.1.